The highest BCUT2D eigenvalue weighted by Gasteiger charge is 2.30. The summed E-state index contributed by atoms with van der Waals surface area (Å²) in [5.74, 6) is -3.62. The maximum atomic E-state index is 13.6. The van der Waals surface area contributed by atoms with Crippen LogP contribution >= 0.6 is 0 Å². The van der Waals surface area contributed by atoms with Crippen molar-refractivity contribution in [3.63, 3.8) is 0 Å². The fraction of sp³-hybridized carbons (Fsp3) is 0.462. The van der Waals surface area contributed by atoms with Crippen LogP contribution in [0.2, 0.25) is 0 Å². The molecule has 0 spiro atoms. The summed E-state index contributed by atoms with van der Waals surface area (Å²) in [6.07, 6.45) is 2.38. The number of rotatable bonds is 2. The summed E-state index contributed by atoms with van der Waals surface area (Å²) in [6, 6.07) is 1.14. The molecule has 1 fully saturated rings. The standard InChI is InChI=1S/C13H15F2N3O2/c1-16-12(19)8-3-2-6-18(7-8)13(20)9-4-5-17-11(15)10(9)14/h4-5,8H,2-3,6-7H2,1H3,(H,16,19). The molecule has 1 aliphatic heterocycles. The lowest BCUT2D eigenvalue weighted by molar-refractivity contribution is -0.125. The Morgan fingerprint density at radius 1 is 1.45 bits per heavy atom. The zero-order valence-electron chi connectivity index (χ0n) is 11.0. The molecule has 2 heterocycles. The van der Waals surface area contributed by atoms with Gasteiger partial charge < -0.3 is 10.2 Å². The number of halogens is 2. The number of hydrogen-bond donors (Lipinski definition) is 1. The van der Waals surface area contributed by atoms with Crippen molar-refractivity contribution in [3.8, 4) is 0 Å². The van der Waals surface area contributed by atoms with Crippen LogP contribution in [0.25, 0.3) is 0 Å². The van der Waals surface area contributed by atoms with E-state index in [9.17, 15) is 18.4 Å². The number of carbonyl (C=O) groups is 2. The first-order valence-electron chi connectivity index (χ1n) is 6.35. The van der Waals surface area contributed by atoms with Crippen molar-refractivity contribution < 1.29 is 18.4 Å². The first-order chi connectivity index (χ1) is 9.54. The van der Waals surface area contributed by atoms with E-state index in [0.717, 1.165) is 12.3 Å². The van der Waals surface area contributed by atoms with Gasteiger partial charge >= 0.3 is 0 Å². The van der Waals surface area contributed by atoms with Gasteiger partial charge in [-0.05, 0) is 18.9 Å². The molecule has 0 radical (unpaired) electrons. The maximum Gasteiger partial charge on any atom is 0.257 e. The van der Waals surface area contributed by atoms with Crippen molar-refractivity contribution in [2.24, 2.45) is 5.92 Å². The highest BCUT2D eigenvalue weighted by molar-refractivity contribution is 5.94. The summed E-state index contributed by atoms with van der Waals surface area (Å²) in [7, 11) is 1.53. The van der Waals surface area contributed by atoms with E-state index in [1.807, 2.05) is 0 Å². The van der Waals surface area contributed by atoms with Crippen LogP contribution < -0.4 is 5.32 Å². The highest BCUT2D eigenvalue weighted by Crippen LogP contribution is 2.20. The minimum absolute atomic E-state index is 0.149. The summed E-state index contributed by atoms with van der Waals surface area (Å²) < 4.78 is 26.6. The predicted octanol–water partition coefficient (Wildman–Crippen LogP) is 0.958. The molecule has 1 aliphatic rings. The van der Waals surface area contributed by atoms with E-state index in [1.165, 1.54) is 11.9 Å². The molecule has 0 aliphatic carbocycles. The predicted molar refractivity (Wildman–Crippen MR) is 66.8 cm³/mol. The van der Waals surface area contributed by atoms with Gasteiger partial charge in [0.25, 0.3) is 5.91 Å². The molecule has 7 heteroatoms. The van der Waals surface area contributed by atoms with Crippen molar-refractivity contribution in [1.29, 1.82) is 0 Å². The molecular weight excluding hydrogens is 268 g/mol. The second-order valence-corrected chi connectivity index (χ2v) is 4.67. The summed E-state index contributed by atoms with van der Waals surface area (Å²) >= 11 is 0. The third-order valence-electron chi connectivity index (χ3n) is 3.40. The molecule has 0 bridgehead atoms. The van der Waals surface area contributed by atoms with Crippen molar-refractivity contribution in [1.82, 2.24) is 15.2 Å². The number of nitrogens with one attached hydrogen (secondary N) is 1. The van der Waals surface area contributed by atoms with Crippen molar-refractivity contribution in [2.75, 3.05) is 20.1 Å². The van der Waals surface area contributed by atoms with Gasteiger partial charge in [-0.1, -0.05) is 0 Å². The number of nitrogens with zero attached hydrogens (tertiary/aromatic N) is 2. The zero-order chi connectivity index (χ0) is 14.7. The summed E-state index contributed by atoms with van der Waals surface area (Å²) in [5, 5.41) is 2.53. The van der Waals surface area contributed by atoms with Gasteiger partial charge in [0.2, 0.25) is 11.9 Å². The Morgan fingerprint density at radius 3 is 2.90 bits per heavy atom. The summed E-state index contributed by atoms with van der Waals surface area (Å²) in [4.78, 5) is 28.3. The summed E-state index contributed by atoms with van der Waals surface area (Å²) in [6.45, 7) is 0.637. The van der Waals surface area contributed by atoms with E-state index in [-0.39, 0.29) is 23.9 Å². The normalized spacial score (nSPS) is 18.8. The molecule has 2 amide bonds. The van der Waals surface area contributed by atoms with Gasteiger partial charge in [0.05, 0.1) is 11.5 Å². The Hall–Kier alpha value is -2.05. The van der Waals surface area contributed by atoms with Gasteiger partial charge in [-0.3, -0.25) is 9.59 Å². The number of aromatic nitrogens is 1. The Bertz CT molecular complexity index is 536. The molecule has 1 N–H and O–H groups in total. The molecule has 1 aromatic heterocycles. The largest absolute Gasteiger partial charge is 0.359 e. The van der Waals surface area contributed by atoms with Gasteiger partial charge in [0.15, 0.2) is 5.82 Å². The average Bonchev–Trinajstić information content (AvgIpc) is 2.48. The molecule has 2 rings (SSSR count). The lowest BCUT2D eigenvalue weighted by atomic mass is 9.96. The number of likely N-dealkylation sites (tertiary alicyclic amines) is 1. The van der Waals surface area contributed by atoms with Crippen LogP contribution in [0.1, 0.15) is 23.2 Å². The number of amides is 2. The second-order valence-electron chi connectivity index (χ2n) is 4.67. The molecule has 0 aromatic carbocycles. The number of piperidine rings is 1. The molecule has 1 aromatic rings. The number of hydrogen-bond acceptors (Lipinski definition) is 3. The molecule has 1 saturated heterocycles. The van der Waals surface area contributed by atoms with Crippen LogP contribution in [0.4, 0.5) is 8.78 Å². The van der Waals surface area contributed by atoms with E-state index in [4.69, 9.17) is 0 Å². The van der Waals surface area contributed by atoms with E-state index < -0.39 is 17.7 Å². The molecule has 0 saturated carbocycles. The molecule has 108 valence electrons. The third-order valence-corrected chi connectivity index (χ3v) is 3.40. The van der Waals surface area contributed by atoms with Crippen LogP contribution in [-0.2, 0) is 4.79 Å². The monoisotopic (exact) mass is 283 g/mol. The van der Waals surface area contributed by atoms with E-state index in [0.29, 0.717) is 19.4 Å². The fourth-order valence-electron chi connectivity index (χ4n) is 2.33. The molecule has 5 nitrogen and oxygen atoms in total. The molecule has 1 unspecified atom stereocenters. The third kappa shape index (κ3) is 2.76. The number of carbonyl (C=O) groups excluding carboxylic acids is 2. The molecule has 1 atom stereocenters. The number of pyridine rings is 1. The lowest BCUT2D eigenvalue weighted by Crippen LogP contribution is -2.45. The van der Waals surface area contributed by atoms with Gasteiger partial charge in [-0.25, -0.2) is 9.37 Å². The topological polar surface area (TPSA) is 62.3 Å². The average molecular weight is 283 g/mol. The van der Waals surface area contributed by atoms with Gasteiger partial charge in [0.1, 0.15) is 0 Å². The minimum atomic E-state index is -1.30. The maximum absolute atomic E-state index is 13.6. The van der Waals surface area contributed by atoms with Gasteiger partial charge in [-0.2, -0.15) is 4.39 Å². The first kappa shape index (κ1) is 14.4. The van der Waals surface area contributed by atoms with E-state index in [1.54, 1.807) is 0 Å². The Morgan fingerprint density at radius 2 is 2.20 bits per heavy atom. The van der Waals surface area contributed by atoms with E-state index >= 15 is 0 Å². The smallest absolute Gasteiger partial charge is 0.257 e. The van der Waals surface area contributed by atoms with Crippen molar-refractivity contribution in [2.45, 2.75) is 12.8 Å². The van der Waals surface area contributed by atoms with Crippen molar-refractivity contribution >= 4 is 11.8 Å². The van der Waals surface area contributed by atoms with Crippen LogP contribution in [0.5, 0.6) is 0 Å². The lowest BCUT2D eigenvalue weighted by Gasteiger charge is -2.31. The van der Waals surface area contributed by atoms with Crippen molar-refractivity contribution in [3.05, 3.63) is 29.6 Å². The van der Waals surface area contributed by atoms with E-state index in [2.05, 4.69) is 10.3 Å². The SMILES string of the molecule is CNC(=O)C1CCCN(C(=O)c2ccnc(F)c2F)C1. The van der Waals surface area contributed by atoms with Crippen LogP contribution in [0.15, 0.2) is 12.3 Å². The molecule has 20 heavy (non-hydrogen) atoms. The molecular formula is C13H15F2N3O2. The highest BCUT2D eigenvalue weighted by atomic mass is 19.2. The Kier molecular flexibility index (Phi) is 4.26. The zero-order valence-corrected chi connectivity index (χ0v) is 11.0. The van der Waals surface area contributed by atoms with Crippen LogP contribution in [-0.4, -0.2) is 41.8 Å². The van der Waals surface area contributed by atoms with Crippen LogP contribution in [0.3, 0.4) is 0 Å². The van der Waals surface area contributed by atoms with Gasteiger partial charge in [0, 0.05) is 26.3 Å². The van der Waals surface area contributed by atoms with Crippen LogP contribution in [0, 0.1) is 17.7 Å². The Labute approximate surface area is 115 Å². The second kappa shape index (κ2) is 5.94. The Balaban J connectivity index is 2.16. The quantitative estimate of drug-likeness (QED) is 0.822. The summed E-state index contributed by atoms with van der Waals surface area (Å²) in [5.41, 5.74) is -0.352. The minimum Gasteiger partial charge on any atom is -0.359 e. The fourth-order valence-corrected chi connectivity index (χ4v) is 2.33. The first-order valence-corrected chi connectivity index (χ1v) is 6.35. The van der Waals surface area contributed by atoms with Gasteiger partial charge in [-0.15, -0.1) is 0 Å².